The molecule has 2 aromatic rings. The zero-order valence-corrected chi connectivity index (χ0v) is 13.5. The van der Waals surface area contributed by atoms with Gasteiger partial charge in [0.05, 0.1) is 10.7 Å². The van der Waals surface area contributed by atoms with Crippen molar-refractivity contribution < 1.29 is 4.79 Å². The smallest absolute Gasteiger partial charge is 0.320 e. The lowest BCUT2D eigenvalue weighted by atomic mass is 10.0. The predicted octanol–water partition coefficient (Wildman–Crippen LogP) is 3.76. The number of hydrogen-bond acceptors (Lipinski definition) is 3. The Kier molecular flexibility index (Phi) is 4.57. The minimum Gasteiger partial charge on any atom is -0.320 e. The first kappa shape index (κ1) is 15.5. The first-order valence-electron chi connectivity index (χ1n) is 7.42. The van der Waals surface area contributed by atoms with Crippen LogP contribution in [0.3, 0.4) is 0 Å². The number of hydrogen-bond donors (Lipinski definition) is 1. The van der Waals surface area contributed by atoms with Crippen molar-refractivity contribution in [2.75, 3.05) is 18.4 Å². The van der Waals surface area contributed by atoms with Gasteiger partial charge in [-0.3, -0.25) is 10.3 Å². The standard InChI is InChI=1S/C17H17ClN4O/c1-12-4-5-15(20-11-12)21-17(23)22-9-6-13(7-10-22)16-14(18)3-2-8-19-16/h2-6,8,11H,7,9-10H2,1H3,(H,20,21,23). The van der Waals surface area contributed by atoms with E-state index in [-0.39, 0.29) is 6.03 Å². The Balaban J connectivity index is 1.65. The van der Waals surface area contributed by atoms with Crippen molar-refractivity contribution >= 4 is 29.0 Å². The molecule has 0 aliphatic carbocycles. The van der Waals surface area contributed by atoms with Crippen LogP contribution in [0.15, 0.2) is 42.7 Å². The lowest BCUT2D eigenvalue weighted by Gasteiger charge is -2.26. The van der Waals surface area contributed by atoms with Crippen molar-refractivity contribution in [2.24, 2.45) is 0 Å². The third-order valence-electron chi connectivity index (χ3n) is 3.71. The summed E-state index contributed by atoms with van der Waals surface area (Å²) in [6.07, 6.45) is 6.18. The number of pyridine rings is 2. The highest BCUT2D eigenvalue weighted by atomic mass is 35.5. The molecule has 3 heterocycles. The van der Waals surface area contributed by atoms with E-state index in [0.717, 1.165) is 23.3 Å². The van der Waals surface area contributed by atoms with E-state index in [4.69, 9.17) is 11.6 Å². The first-order valence-corrected chi connectivity index (χ1v) is 7.80. The number of aromatic nitrogens is 2. The summed E-state index contributed by atoms with van der Waals surface area (Å²) >= 11 is 6.17. The average molecular weight is 329 g/mol. The molecular weight excluding hydrogens is 312 g/mol. The Bertz CT molecular complexity index is 743. The van der Waals surface area contributed by atoms with E-state index >= 15 is 0 Å². The maximum absolute atomic E-state index is 12.3. The quantitative estimate of drug-likeness (QED) is 0.913. The molecule has 1 N–H and O–H groups in total. The molecule has 0 bridgehead atoms. The Morgan fingerprint density at radius 1 is 1.30 bits per heavy atom. The summed E-state index contributed by atoms with van der Waals surface area (Å²) in [5, 5.41) is 3.45. The van der Waals surface area contributed by atoms with Crippen LogP contribution < -0.4 is 5.32 Å². The molecule has 0 radical (unpaired) electrons. The molecule has 0 atom stereocenters. The summed E-state index contributed by atoms with van der Waals surface area (Å²) in [6, 6.07) is 7.20. The molecule has 23 heavy (non-hydrogen) atoms. The van der Waals surface area contributed by atoms with E-state index in [9.17, 15) is 4.79 Å². The number of rotatable bonds is 2. The molecule has 5 nitrogen and oxygen atoms in total. The number of carbonyl (C=O) groups excluding carboxylic acids is 1. The summed E-state index contributed by atoms with van der Waals surface area (Å²) in [7, 11) is 0. The third-order valence-corrected chi connectivity index (χ3v) is 4.01. The van der Waals surface area contributed by atoms with Gasteiger partial charge in [-0.15, -0.1) is 0 Å². The number of halogens is 1. The van der Waals surface area contributed by atoms with Crippen LogP contribution in [0.1, 0.15) is 17.7 Å². The summed E-state index contributed by atoms with van der Waals surface area (Å²) in [6.45, 7) is 3.11. The number of nitrogens with one attached hydrogen (secondary N) is 1. The molecule has 2 amide bonds. The molecule has 0 saturated carbocycles. The lowest BCUT2D eigenvalue weighted by molar-refractivity contribution is 0.217. The van der Waals surface area contributed by atoms with E-state index in [1.165, 1.54) is 0 Å². The van der Waals surface area contributed by atoms with Gasteiger partial charge in [0, 0.05) is 25.5 Å². The van der Waals surface area contributed by atoms with Crippen LogP contribution in [-0.2, 0) is 0 Å². The third kappa shape index (κ3) is 3.68. The highest BCUT2D eigenvalue weighted by Gasteiger charge is 2.19. The molecule has 0 fully saturated rings. The topological polar surface area (TPSA) is 58.1 Å². The largest absolute Gasteiger partial charge is 0.323 e. The maximum Gasteiger partial charge on any atom is 0.323 e. The minimum atomic E-state index is -0.149. The van der Waals surface area contributed by atoms with Crippen LogP contribution in [0.5, 0.6) is 0 Å². The van der Waals surface area contributed by atoms with E-state index in [0.29, 0.717) is 23.9 Å². The van der Waals surface area contributed by atoms with Crippen molar-refractivity contribution in [1.29, 1.82) is 0 Å². The summed E-state index contributed by atoms with van der Waals surface area (Å²) in [5.74, 6) is 0.558. The fourth-order valence-corrected chi connectivity index (χ4v) is 2.66. The Morgan fingerprint density at radius 2 is 2.17 bits per heavy atom. The fraction of sp³-hybridized carbons (Fsp3) is 0.235. The molecule has 0 spiro atoms. The van der Waals surface area contributed by atoms with Crippen molar-refractivity contribution in [3.8, 4) is 0 Å². The van der Waals surface area contributed by atoms with Crippen LogP contribution in [-0.4, -0.2) is 34.0 Å². The predicted molar refractivity (Wildman–Crippen MR) is 91.4 cm³/mol. The van der Waals surface area contributed by atoms with Gasteiger partial charge in [0.2, 0.25) is 0 Å². The van der Waals surface area contributed by atoms with E-state index < -0.39 is 0 Å². The highest BCUT2D eigenvalue weighted by molar-refractivity contribution is 6.32. The van der Waals surface area contributed by atoms with Gasteiger partial charge in [-0.2, -0.15) is 0 Å². The van der Waals surface area contributed by atoms with Gasteiger partial charge in [0.25, 0.3) is 0 Å². The number of carbonyl (C=O) groups is 1. The highest BCUT2D eigenvalue weighted by Crippen LogP contribution is 2.26. The summed E-state index contributed by atoms with van der Waals surface area (Å²) in [4.78, 5) is 22.5. The zero-order valence-electron chi connectivity index (χ0n) is 12.8. The number of urea groups is 1. The average Bonchev–Trinajstić information content (AvgIpc) is 2.57. The van der Waals surface area contributed by atoms with Crippen LogP contribution in [0.4, 0.5) is 10.6 Å². The Hall–Kier alpha value is -2.40. The van der Waals surface area contributed by atoms with Crippen LogP contribution in [0, 0.1) is 6.92 Å². The second-order valence-corrected chi connectivity index (χ2v) is 5.82. The van der Waals surface area contributed by atoms with Crippen molar-refractivity contribution in [1.82, 2.24) is 14.9 Å². The first-order chi connectivity index (χ1) is 11.1. The van der Waals surface area contributed by atoms with Gasteiger partial charge >= 0.3 is 6.03 Å². The van der Waals surface area contributed by atoms with Crippen molar-refractivity contribution in [2.45, 2.75) is 13.3 Å². The molecule has 1 aliphatic heterocycles. The van der Waals surface area contributed by atoms with E-state index in [1.807, 2.05) is 31.2 Å². The van der Waals surface area contributed by atoms with E-state index in [2.05, 4.69) is 15.3 Å². The SMILES string of the molecule is Cc1ccc(NC(=O)N2CC=C(c3ncccc3Cl)CC2)nc1. The van der Waals surface area contributed by atoms with Gasteiger partial charge < -0.3 is 4.90 Å². The van der Waals surface area contributed by atoms with Crippen LogP contribution in [0.25, 0.3) is 5.57 Å². The van der Waals surface area contributed by atoms with Gasteiger partial charge in [-0.25, -0.2) is 9.78 Å². The molecule has 0 unspecified atom stereocenters. The molecule has 0 aromatic carbocycles. The minimum absolute atomic E-state index is 0.149. The van der Waals surface area contributed by atoms with Gasteiger partial charge in [0.1, 0.15) is 5.82 Å². The molecule has 0 saturated heterocycles. The molecule has 6 heteroatoms. The van der Waals surface area contributed by atoms with Crippen LogP contribution >= 0.6 is 11.6 Å². The molecular formula is C17H17ClN4O. The van der Waals surface area contributed by atoms with Gasteiger partial charge in [-0.1, -0.05) is 23.7 Å². The monoisotopic (exact) mass is 328 g/mol. The number of nitrogens with zero attached hydrogens (tertiary/aromatic N) is 3. The van der Waals surface area contributed by atoms with Crippen molar-refractivity contribution in [3.05, 3.63) is 59.0 Å². The Labute approximate surface area is 140 Å². The molecule has 1 aliphatic rings. The van der Waals surface area contributed by atoms with E-state index in [1.54, 1.807) is 23.4 Å². The number of amides is 2. The Morgan fingerprint density at radius 3 is 2.83 bits per heavy atom. The fourth-order valence-electron chi connectivity index (χ4n) is 2.42. The van der Waals surface area contributed by atoms with Gasteiger partial charge in [-0.05, 0) is 42.7 Å². The summed E-state index contributed by atoms with van der Waals surface area (Å²) < 4.78 is 0. The molecule has 2 aromatic heterocycles. The molecule has 3 rings (SSSR count). The van der Waals surface area contributed by atoms with Gasteiger partial charge in [0.15, 0.2) is 0 Å². The second kappa shape index (κ2) is 6.79. The zero-order chi connectivity index (χ0) is 16.2. The lowest BCUT2D eigenvalue weighted by Crippen LogP contribution is -2.38. The van der Waals surface area contributed by atoms with Crippen LogP contribution in [0.2, 0.25) is 5.02 Å². The number of aryl methyl sites for hydroxylation is 1. The normalized spacial score (nSPS) is 14.3. The molecule has 118 valence electrons. The number of anilines is 1. The second-order valence-electron chi connectivity index (χ2n) is 5.41. The summed E-state index contributed by atoms with van der Waals surface area (Å²) in [5.41, 5.74) is 2.93. The van der Waals surface area contributed by atoms with Crippen molar-refractivity contribution in [3.63, 3.8) is 0 Å². The maximum atomic E-state index is 12.3.